The minimum atomic E-state index is -0.724. The predicted octanol–water partition coefficient (Wildman–Crippen LogP) is 4.03. The van der Waals surface area contributed by atoms with Crippen molar-refractivity contribution in [1.82, 2.24) is 19.7 Å². The number of rotatable bonds is 7. The zero-order chi connectivity index (χ0) is 24.9. The van der Waals surface area contributed by atoms with Crippen molar-refractivity contribution in [2.24, 2.45) is 5.92 Å². The molecule has 3 heterocycles. The highest BCUT2D eigenvalue weighted by molar-refractivity contribution is 6.40. The van der Waals surface area contributed by atoms with E-state index in [1.807, 2.05) is 31.2 Å². The molecule has 0 bridgehead atoms. The number of aryl methyl sites for hydroxylation is 1. The van der Waals surface area contributed by atoms with Crippen molar-refractivity contribution in [3.63, 3.8) is 0 Å². The Morgan fingerprint density at radius 2 is 2.11 bits per heavy atom. The third kappa shape index (κ3) is 5.62. The molecule has 35 heavy (non-hydrogen) atoms. The Morgan fingerprint density at radius 1 is 1.31 bits per heavy atom. The van der Waals surface area contributed by atoms with Gasteiger partial charge in [0.2, 0.25) is 0 Å². The first-order valence-electron chi connectivity index (χ1n) is 12.3. The smallest absolute Gasteiger partial charge is 0.314 e. The summed E-state index contributed by atoms with van der Waals surface area (Å²) in [5.74, 6) is -0.747. The minimum absolute atomic E-state index is 0.180. The average Bonchev–Trinajstić information content (AvgIpc) is 3.33. The second kappa shape index (κ2) is 10.9. The molecule has 1 aromatic carbocycles. The first-order valence-corrected chi connectivity index (χ1v) is 12.3. The van der Waals surface area contributed by atoms with E-state index in [4.69, 9.17) is 10.5 Å². The summed E-state index contributed by atoms with van der Waals surface area (Å²) in [6, 6.07) is 7.89. The fraction of sp³-hybridized carbons (Fsp3) is 0.462. The SMILES string of the molecule is CC[C@@H](C)CN(Cc1ccccc1C)C(=O)C(=O)Nc1cnc(N)c2cn(C3CCCCO3)nc12. The van der Waals surface area contributed by atoms with Crippen LogP contribution in [0.1, 0.15) is 56.9 Å². The molecule has 0 radical (unpaired) electrons. The van der Waals surface area contributed by atoms with E-state index >= 15 is 0 Å². The number of fused-ring (bicyclic) bond motifs is 1. The molecule has 9 nitrogen and oxygen atoms in total. The van der Waals surface area contributed by atoms with Gasteiger partial charge in [-0.3, -0.25) is 9.59 Å². The van der Waals surface area contributed by atoms with Crippen LogP contribution in [0.15, 0.2) is 36.7 Å². The predicted molar refractivity (Wildman–Crippen MR) is 135 cm³/mol. The molecule has 1 fully saturated rings. The van der Waals surface area contributed by atoms with Crippen LogP contribution in [-0.4, -0.2) is 44.6 Å². The van der Waals surface area contributed by atoms with Gasteiger partial charge >= 0.3 is 11.8 Å². The summed E-state index contributed by atoms with van der Waals surface area (Å²) in [5.41, 5.74) is 9.01. The van der Waals surface area contributed by atoms with Crippen LogP contribution in [0.2, 0.25) is 0 Å². The lowest BCUT2D eigenvalue weighted by Gasteiger charge is -2.26. The molecule has 4 rings (SSSR count). The van der Waals surface area contributed by atoms with Crippen LogP contribution in [-0.2, 0) is 20.9 Å². The van der Waals surface area contributed by atoms with Crippen molar-refractivity contribution in [2.45, 2.75) is 59.2 Å². The van der Waals surface area contributed by atoms with E-state index in [0.29, 0.717) is 42.1 Å². The number of carbonyl (C=O) groups is 2. The van der Waals surface area contributed by atoms with Gasteiger partial charge in [0, 0.05) is 25.9 Å². The van der Waals surface area contributed by atoms with E-state index < -0.39 is 11.8 Å². The molecule has 1 aliphatic heterocycles. The molecule has 2 atom stereocenters. The van der Waals surface area contributed by atoms with Gasteiger partial charge in [-0.1, -0.05) is 44.5 Å². The van der Waals surface area contributed by atoms with Gasteiger partial charge < -0.3 is 20.7 Å². The van der Waals surface area contributed by atoms with Crippen molar-refractivity contribution >= 4 is 34.2 Å². The topological polar surface area (TPSA) is 115 Å². The van der Waals surface area contributed by atoms with Crippen LogP contribution in [0.25, 0.3) is 10.9 Å². The fourth-order valence-corrected chi connectivity index (χ4v) is 4.25. The van der Waals surface area contributed by atoms with Crippen LogP contribution in [0, 0.1) is 12.8 Å². The zero-order valence-electron chi connectivity index (χ0n) is 20.7. The highest BCUT2D eigenvalue weighted by Gasteiger charge is 2.26. The number of amides is 2. The molecule has 1 aliphatic rings. The summed E-state index contributed by atoms with van der Waals surface area (Å²) in [7, 11) is 0. The lowest BCUT2D eigenvalue weighted by atomic mass is 10.1. The average molecular weight is 479 g/mol. The summed E-state index contributed by atoms with van der Waals surface area (Å²) in [4.78, 5) is 32.2. The van der Waals surface area contributed by atoms with E-state index in [2.05, 4.69) is 29.2 Å². The van der Waals surface area contributed by atoms with Crippen LogP contribution in [0.3, 0.4) is 0 Å². The molecule has 1 saturated heterocycles. The van der Waals surface area contributed by atoms with Gasteiger partial charge in [-0.25, -0.2) is 9.67 Å². The van der Waals surface area contributed by atoms with Gasteiger partial charge in [-0.15, -0.1) is 0 Å². The maximum atomic E-state index is 13.3. The second-order valence-corrected chi connectivity index (χ2v) is 9.33. The molecule has 9 heteroatoms. The highest BCUT2D eigenvalue weighted by Crippen LogP contribution is 2.29. The Kier molecular flexibility index (Phi) is 7.65. The summed E-state index contributed by atoms with van der Waals surface area (Å²) >= 11 is 0. The second-order valence-electron chi connectivity index (χ2n) is 9.33. The molecular weight excluding hydrogens is 444 g/mol. The quantitative estimate of drug-likeness (QED) is 0.495. The van der Waals surface area contributed by atoms with E-state index in [1.54, 1.807) is 15.8 Å². The van der Waals surface area contributed by atoms with E-state index in [-0.39, 0.29) is 12.1 Å². The third-order valence-electron chi connectivity index (χ3n) is 6.63. The first kappa shape index (κ1) is 24.7. The van der Waals surface area contributed by atoms with E-state index in [9.17, 15) is 9.59 Å². The van der Waals surface area contributed by atoms with Crippen LogP contribution >= 0.6 is 0 Å². The van der Waals surface area contributed by atoms with Gasteiger partial charge in [-0.2, -0.15) is 5.10 Å². The maximum Gasteiger partial charge on any atom is 0.314 e. The number of hydrogen-bond acceptors (Lipinski definition) is 6. The van der Waals surface area contributed by atoms with E-state index in [0.717, 1.165) is 36.8 Å². The number of nitrogen functional groups attached to an aromatic ring is 1. The number of benzene rings is 1. The molecule has 1 unspecified atom stereocenters. The molecular formula is C26H34N6O3. The van der Waals surface area contributed by atoms with Crippen molar-refractivity contribution in [3.8, 4) is 0 Å². The largest absolute Gasteiger partial charge is 0.383 e. The molecule has 0 saturated carbocycles. The van der Waals surface area contributed by atoms with Gasteiger partial charge in [0.15, 0.2) is 0 Å². The maximum absolute atomic E-state index is 13.3. The number of nitrogens with one attached hydrogen (secondary N) is 1. The number of ether oxygens (including phenoxy) is 1. The third-order valence-corrected chi connectivity index (χ3v) is 6.63. The summed E-state index contributed by atoms with van der Waals surface area (Å²) in [6.07, 6.45) is 6.90. The molecule has 186 valence electrons. The number of carbonyl (C=O) groups excluding carboxylic acids is 2. The monoisotopic (exact) mass is 478 g/mol. The van der Waals surface area contributed by atoms with Crippen molar-refractivity contribution in [3.05, 3.63) is 47.8 Å². The summed E-state index contributed by atoms with van der Waals surface area (Å²) < 4.78 is 7.56. The number of nitrogens with two attached hydrogens (primary N) is 1. The van der Waals surface area contributed by atoms with Gasteiger partial charge in [0.1, 0.15) is 17.6 Å². The van der Waals surface area contributed by atoms with Crippen LogP contribution < -0.4 is 11.1 Å². The Balaban J connectivity index is 1.57. The Bertz CT molecular complexity index is 1200. The summed E-state index contributed by atoms with van der Waals surface area (Å²) in [6.45, 7) is 7.68. The molecule has 3 N–H and O–H groups in total. The minimum Gasteiger partial charge on any atom is -0.383 e. The number of hydrogen-bond donors (Lipinski definition) is 2. The van der Waals surface area contributed by atoms with Gasteiger partial charge in [0.25, 0.3) is 0 Å². The Labute approximate surface area is 205 Å². The lowest BCUT2D eigenvalue weighted by Crippen LogP contribution is -2.41. The lowest BCUT2D eigenvalue weighted by molar-refractivity contribution is -0.144. The number of anilines is 2. The number of pyridine rings is 1. The zero-order valence-corrected chi connectivity index (χ0v) is 20.7. The highest BCUT2D eigenvalue weighted by atomic mass is 16.5. The summed E-state index contributed by atoms with van der Waals surface area (Å²) in [5, 5.41) is 7.97. The number of aromatic nitrogens is 3. The molecule has 2 aromatic heterocycles. The molecule has 3 aromatic rings. The van der Waals surface area contributed by atoms with Crippen LogP contribution in [0.4, 0.5) is 11.5 Å². The van der Waals surface area contributed by atoms with Crippen molar-refractivity contribution in [1.29, 1.82) is 0 Å². The standard InChI is InChI=1S/C26H34N6O3/c1-4-17(2)14-31(15-19-10-6-5-9-18(19)3)26(34)25(33)29-21-13-28-24(27)20-16-32(30-23(20)21)22-11-7-8-12-35-22/h5-6,9-10,13,16-17,22H,4,7-8,11-12,14-15H2,1-3H3,(H2,27,28)(H,29,33)/t17-,22?/m1/s1. The Morgan fingerprint density at radius 3 is 2.83 bits per heavy atom. The number of nitrogens with zero attached hydrogens (tertiary/aromatic N) is 4. The van der Waals surface area contributed by atoms with Gasteiger partial charge in [-0.05, 0) is 43.2 Å². The van der Waals surface area contributed by atoms with Crippen LogP contribution in [0.5, 0.6) is 0 Å². The van der Waals surface area contributed by atoms with E-state index in [1.165, 1.54) is 6.20 Å². The van der Waals surface area contributed by atoms with Crippen molar-refractivity contribution < 1.29 is 14.3 Å². The Hall–Kier alpha value is -3.46. The molecule has 2 amide bonds. The van der Waals surface area contributed by atoms with Gasteiger partial charge in [0.05, 0.1) is 17.3 Å². The fourth-order valence-electron chi connectivity index (χ4n) is 4.25. The van der Waals surface area contributed by atoms with Crippen molar-refractivity contribution in [2.75, 3.05) is 24.2 Å². The molecule has 0 spiro atoms. The first-order chi connectivity index (χ1) is 16.9. The molecule has 0 aliphatic carbocycles. The normalized spacial score (nSPS) is 16.7.